The molecule has 0 aliphatic rings. The molecule has 1 amide bonds. The van der Waals surface area contributed by atoms with Crippen LogP contribution in [0.4, 0.5) is 0 Å². The molecule has 0 aliphatic carbocycles. The van der Waals surface area contributed by atoms with E-state index in [2.05, 4.69) is 31.3 Å². The zero-order valence-corrected chi connectivity index (χ0v) is 54.8. The van der Waals surface area contributed by atoms with Crippen molar-refractivity contribution in [2.75, 3.05) is 40.9 Å². The summed E-state index contributed by atoms with van der Waals surface area (Å²) >= 11 is 0. The Morgan fingerprint density at radius 2 is 0.696 bits per heavy atom. The number of allylic oxidation sites excluding steroid dienone is 3. The van der Waals surface area contributed by atoms with Crippen molar-refractivity contribution in [2.45, 2.75) is 379 Å². The zero-order chi connectivity index (χ0) is 57.7. The molecule has 0 aromatic heterocycles. The van der Waals surface area contributed by atoms with Gasteiger partial charge in [0.25, 0.3) is 0 Å². The largest absolute Gasteiger partial charge is 0.472 e. The van der Waals surface area contributed by atoms with Crippen molar-refractivity contribution in [2.24, 2.45) is 0 Å². The average Bonchev–Trinajstić information content (AvgIpc) is 3.42. The fourth-order valence-electron chi connectivity index (χ4n) is 10.9. The number of nitrogens with zero attached hydrogens (tertiary/aromatic N) is 1. The van der Waals surface area contributed by atoms with Gasteiger partial charge in [-0.15, -0.1) is 0 Å². The van der Waals surface area contributed by atoms with Crippen molar-refractivity contribution >= 4 is 13.7 Å². The summed E-state index contributed by atoms with van der Waals surface area (Å²) in [5.41, 5.74) is 0. The van der Waals surface area contributed by atoms with Gasteiger partial charge in [-0.3, -0.25) is 13.8 Å². The van der Waals surface area contributed by atoms with E-state index >= 15 is 0 Å². The van der Waals surface area contributed by atoms with Crippen molar-refractivity contribution in [3.05, 3.63) is 24.3 Å². The van der Waals surface area contributed by atoms with Crippen molar-refractivity contribution in [3.8, 4) is 0 Å². The van der Waals surface area contributed by atoms with Crippen LogP contribution in [0.3, 0.4) is 0 Å². The molecule has 8 nitrogen and oxygen atoms in total. The number of carbonyl (C=O) groups excluding carboxylic acids is 1. The van der Waals surface area contributed by atoms with E-state index in [0.29, 0.717) is 17.4 Å². The normalized spacial score (nSPS) is 13.8. The van der Waals surface area contributed by atoms with Crippen LogP contribution < -0.4 is 5.32 Å². The second kappa shape index (κ2) is 61.5. The third-order valence-corrected chi connectivity index (χ3v) is 17.4. The molecule has 79 heavy (non-hydrogen) atoms. The van der Waals surface area contributed by atoms with Crippen LogP contribution in [-0.4, -0.2) is 73.4 Å². The molecule has 0 spiro atoms. The monoisotopic (exact) mass is 1140 g/mol. The Bertz CT molecular complexity index is 1340. The van der Waals surface area contributed by atoms with Gasteiger partial charge in [0.2, 0.25) is 5.91 Å². The standard InChI is InChI=1S/C70H139N2O6P/c1-6-8-10-12-14-16-18-20-22-24-26-28-30-32-34-36-38-40-42-44-46-48-50-52-54-56-58-60-62-64-70(74)71-68(67-78-79(75,76)77-66-65-72(3,4)5)69(73)63-61-59-57-55-53-51-49-47-45-43-41-39-37-35-33-31-29-27-25-23-21-19-17-15-13-11-9-7-2/h53,55,61,63,68-69,73H,6-52,54,56-60,62,64-67H2,1-5H3,(H-,71,74,75,76)/p+1/b55-53+,63-61+. The van der Waals surface area contributed by atoms with Gasteiger partial charge in [0.1, 0.15) is 13.2 Å². The number of likely N-dealkylation sites (N-methyl/N-ethyl adjacent to an activating group) is 1. The van der Waals surface area contributed by atoms with E-state index in [1.165, 1.54) is 308 Å². The minimum Gasteiger partial charge on any atom is -0.387 e. The van der Waals surface area contributed by atoms with E-state index in [-0.39, 0.29) is 19.1 Å². The molecular weight excluding hydrogens is 996 g/mol. The molecule has 3 atom stereocenters. The summed E-state index contributed by atoms with van der Waals surface area (Å²) in [6.07, 6.45) is 80.5. The highest BCUT2D eigenvalue weighted by atomic mass is 31.2. The summed E-state index contributed by atoms with van der Waals surface area (Å²) < 4.78 is 23.8. The van der Waals surface area contributed by atoms with Gasteiger partial charge >= 0.3 is 7.82 Å². The summed E-state index contributed by atoms with van der Waals surface area (Å²) in [7, 11) is 1.57. The van der Waals surface area contributed by atoms with Gasteiger partial charge in [0, 0.05) is 6.42 Å². The Morgan fingerprint density at radius 3 is 1.01 bits per heavy atom. The van der Waals surface area contributed by atoms with Crippen LogP contribution in [-0.2, 0) is 18.4 Å². The van der Waals surface area contributed by atoms with E-state index < -0.39 is 20.0 Å². The minimum atomic E-state index is -4.36. The number of hydrogen-bond acceptors (Lipinski definition) is 5. The third-order valence-electron chi connectivity index (χ3n) is 16.4. The van der Waals surface area contributed by atoms with E-state index in [4.69, 9.17) is 9.05 Å². The average molecular weight is 1140 g/mol. The summed E-state index contributed by atoms with van der Waals surface area (Å²) in [6.45, 7) is 4.86. The number of amides is 1. The number of unbranched alkanes of at least 4 members (excludes halogenated alkanes) is 51. The number of hydrogen-bond donors (Lipinski definition) is 3. The molecule has 9 heteroatoms. The molecule has 0 radical (unpaired) electrons. The minimum absolute atomic E-state index is 0.0591. The SMILES string of the molecule is CCCCCCCCCCCCCCCCCCCCCCCC/C=C/CC/C=C/C(O)C(COP(=O)(O)OCC[N+](C)(C)C)NC(=O)CCCCCCCCCCCCCCCCCCCCCCCCCCCCCCC. The zero-order valence-electron chi connectivity index (χ0n) is 53.9. The molecule has 0 bridgehead atoms. The molecular formula is C70H140N2O6P+. The van der Waals surface area contributed by atoms with Crippen LogP contribution in [0.15, 0.2) is 24.3 Å². The Hall–Kier alpha value is -1.02. The number of phosphoric acid groups is 1. The molecule has 0 heterocycles. The predicted octanol–water partition coefficient (Wildman–Crippen LogP) is 22.3. The van der Waals surface area contributed by atoms with Gasteiger partial charge in [0.15, 0.2) is 0 Å². The second-order valence-electron chi connectivity index (χ2n) is 25.6. The molecule has 0 saturated carbocycles. The predicted molar refractivity (Wildman–Crippen MR) is 346 cm³/mol. The fourth-order valence-corrected chi connectivity index (χ4v) is 11.7. The number of aliphatic hydroxyl groups is 1. The second-order valence-corrected chi connectivity index (χ2v) is 27.1. The van der Waals surface area contributed by atoms with Crippen molar-refractivity contribution in [3.63, 3.8) is 0 Å². The third kappa shape index (κ3) is 64.4. The first-order valence-electron chi connectivity index (χ1n) is 35.2. The summed E-state index contributed by atoms with van der Waals surface area (Å²) in [5, 5.41) is 14.0. The van der Waals surface area contributed by atoms with Crippen LogP contribution in [0.2, 0.25) is 0 Å². The molecule has 3 unspecified atom stereocenters. The van der Waals surface area contributed by atoms with Gasteiger partial charge in [0.05, 0.1) is 39.9 Å². The number of carbonyl (C=O) groups is 1. The van der Waals surface area contributed by atoms with Crippen molar-refractivity contribution in [1.29, 1.82) is 0 Å². The molecule has 0 fully saturated rings. The van der Waals surface area contributed by atoms with Crippen LogP contribution >= 0.6 is 7.82 Å². The lowest BCUT2D eigenvalue weighted by Crippen LogP contribution is -2.45. The van der Waals surface area contributed by atoms with Gasteiger partial charge in [-0.25, -0.2) is 4.57 Å². The summed E-state index contributed by atoms with van der Waals surface area (Å²) in [6, 6.07) is -0.862. The Kier molecular flexibility index (Phi) is 60.7. The smallest absolute Gasteiger partial charge is 0.387 e. The lowest BCUT2D eigenvalue weighted by Gasteiger charge is -2.25. The van der Waals surface area contributed by atoms with Crippen molar-refractivity contribution in [1.82, 2.24) is 5.32 Å². The Balaban J connectivity index is 4.07. The maximum atomic E-state index is 13.0. The first-order valence-corrected chi connectivity index (χ1v) is 36.7. The Labute approximate surface area is 494 Å². The van der Waals surface area contributed by atoms with E-state index in [1.54, 1.807) is 6.08 Å². The number of quaternary nitrogens is 1. The van der Waals surface area contributed by atoms with Gasteiger partial charge < -0.3 is 19.8 Å². The number of aliphatic hydroxyl groups excluding tert-OH is 1. The quantitative estimate of drug-likeness (QED) is 0.0243. The van der Waals surface area contributed by atoms with E-state index in [0.717, 1.165) is 38.5 Å². The van der Waals surface area contributed by atoms with Crippen molar-refractivity contribution < 1.29 is 32.9 Å². The molecule has 3 N–H and O–H groups in total. The van der Waals surface area contributed by atoms with Crippen LogP contribution in [0.25, 0.3) is 0 Å². The number of rotatable bonds is 66. The number of nitrogens with one attached hydrogen (secondary N) is 1. The molecule has 0 aromatic rings. The molecule has 0 saturated heterocycles. The Morgan fingerprint density at radius 1 is 0.418 bits per heavy atom. The van der Waals surface area contributed by atoms with Crippen LogP contribution in [0.1, 0.15) is 367 Å². The maximum Gasteiger partial charge on any atom is 0.472 e. The molecule has 0 aromatic carbocycles. The van der Waals surface area contributed by atoms with Gasteiger partial charge in [-0.1, -0.05) is 353 Å². The van der Waals surface area contributed by atoms with Gasteiger partial charge in [-0.2, -0.15) is 0 Å². The highest BCUT2D eigenvalue weighted by molar-refractivity contribution is 7.47. The highest BCUT2D eigenvalue weighted by Gasteiger charge is 2.28. The first-order chi connectivity index (χ1) is 38.5. The van der Waals surface area contributed by atoms with E-state index in [1.807, 2.05) is 27.2 Å². The summed E-state index contributed by atoms with van der Waals surface area (Å²) in [4.78, 5) is 23.4. The lowest BCUT2D eigenvalue weighted by molar-refractivity contribution is -0.870. The van der Waals surface area contributed by atoms with Gasteiger partial charge in [-0.05, 0) is 32.1 Å². The molecule has 470 valence electrons. The van der Waals surface area contributed by atoms with Crippen LogP contribution in [0, 0.1) is 0 Å². The van der Waals surface area contributed by atoms with Crippen LogP contribution in [0.5, 0.6) is 0 Å². The molecule has 0 rings (SSSR count). The fraction of sp³-hybridized carbons (Fsp3) is 0.929. The summed E-state index contributed by atoms with van der Waals surface area (Å²) in [5.74, 6) is -0.178. The lowest BCUT2D eigenvalue weighted by atomic mass is 10.0. The number of phosphoric ester groups is 1. The topological polar surface area (TPSA) is 105 Å². The van der Waals surface area contributed by atoms with E-state index in [9.17, 15) is 19.4 Å². The first kappa shape index (κ1) is 78.0. The molecule has 0 aliphatic heterocycles. The highest BCUT2D eigenvalue weighted by Crippen LogP contribution is 2.43. The maximum absolute atomic E-state index is 13.0.